The van der Waals surface area contributed by atoms with Gasteiger partial charge in [-0.1, -0.05) is 44.9 Å². The van der Waals surface area contributed by atoms with Crippen molar-refractivity contribution in [1.29, 1.82) is 0 Å². The Kier molecular flexibility index (Phi) is 5.42. The minimum absolute atomic E-state index is 0.808. The first-order chi connectivity index (χ1) is 5.93. The molecule has 1 aliphatic rings. The molecule has 1 aliphatic carbocycles. The van der Waals surface area contributed by atoms with Gasteiger partial charge in [0, 0.05) is 6.04 Å². The normalized spacial score (nSPS) is 23.8. The van der Waals surface area contributed by atoms with Gasteiger partial charge < -0.3 is 5.32 Å². The second kappa shape index (κ2) is 6.47. The summed E-state index contributed by atoms with van der Waals surface area (Å²) in [5, 5.41) is 3.42. The predicted octanol–water partition coefficient (Wildman–Crippen LogP) is 3.10. The Labute approximate surface area is 76.9 Å². The number of rotatable bonds is 1. The lowest BCUT2D eigenvalue weighted by atomic mass is 9.98. The maximum atomic E-state index is 3.42. The molecule has 1 nitrogen and oxygen atoms in total. The molecule has 0 unspecified atom stereocenters. The Morgan fingerprint density at radius 1 is 0.750 bits per heavy atom. The van der Waals surface area contributed by atoms with Crippen LogP contribution in [0.15, 0.2) is 0 Å². The van der Waals surface area contributed by atoms with E-state index in [1.165, 1.54) is 57.8 Å². The molecule has 12 heavy (non-hydrogen) atoms. The van der Waals surface area contributed by atoms with Crippen LogP contribution in [0.3, 0.4) is 0 Å². The van der Waals surface area contributed by atoms with Crippen LogP contribution < -0.4 is 5.32 Å². The highest BCUT2D eigenvalue weighted by molar-refractivity contribution is 4.66. The van der Waals surface area contributed by atoms with Crippen molar-refractivity contribution < 1.29 is 0 Å². The summed E-state index contributed by atoms with van der Waals surface area (Å²) in [6.45, 7) is 0. The molecule has 1 N–H and O–H groups in total. The average molecular weight is 169 g/mol. The van der Waals surface area contributed by atoms with E-state index in [9.17, 15) is 0 Å². The van der Waals surface area contributed by atoms with Crippen molar-refractivity contribution in [3.63, 3.8) is 0 Å². The number of hydrogen-bond donors (Lipinski definition) is 1. The van der Waals surface area contributed by atoms with Crippen molar-refractivity contribution in [1.82, 2.24) is 5.32 Å². The molecule has 0 bridgehead atoms. The molecule has 1 saturated carbocycles. The first-order valence-corrected chi connectivity index (χ1v) is 5.61. The van der Waals surface area contributed by atoms with Crippen LogP contribution in [0, 0.1) is 0 Å². The third-order valence-corrected chi connectivity index (χ3v) is 3.01. The van der Waals surface area contributed by atoms with Crippen LogP contribution in [-0.2, 0) is 0 Å². The maximum absolute atomic E-state index is 3.42. The van der Waals surface area contributed by atoms with E-state index in [2.05, 4.69) is 12.4 Å². The molecule has 1 fully saturated rings. The fourth-order valence-electron chi connectivity index (χ4n) is 2.10. The highest BCUT2D eigenvalue weighted by atomic mass is 14.9. The van der Waals surface area contributed by atoms with Gasteiger partial charge in [-0.15, -0.1) is 0 Å². The van der Waals surface area contributed by atoms with Crippen LogP contribution in [0.1, 0.15) is 57.8 Å². The van der Waals surface area contributed by atoms with E-state index < -0.39 is 0 Å². The molecule has 0 aromatic carbocycles. The van der Waals surface area contributed by atoms with Crippen molar-refractivity contribution in [2.45, 2.75) is 63.8 Å². The lowest BCUT2D eigenvalue weighted by molar-refractivity contribution is 0.420. The fourth-order valence-corrected chi connectivity index (χ4v) is 2.10. The van der Waals surface area contributed by atoms with Crippen LogP contribution in [0.2, 0.25) is 0 Å². The number of hydrogen-bond acceptors (Lipinski definition) is 1. The molecule has 1 rings (SSSR count). The molecule has 0 amide bonds. The van der Waals surface area contributed by atoms with Crippen LogP contribution in [0.4, 0.5) is 0 Å². The van der Waals surface area contributed by atoms with E-state index in [1.807, 2.05) is 0 Å². The molecule has 0 aliphatic heterocycles. The highest BCUT2D eigenvalue weighted by Gasteiger charge is 2.06. The van der Waals surface area contributed by atoms with Crippen LogP contribution in [0.25, 0.3) is 0 Å². The van der Waals surface area contributed by atoms with Gasteiger partial charge >= 0.3 is 0 Å². The summed E-state index contributed by atoms with van der Waals surface area (Å²) in [7, 11) is 2.11. The quantitative estimate of drug-likeness (QED) is 0.636. The van der Waals surface area contributed by atoms with Gasteiger partial charge in [-0.25, -0.2) is 0 Å². The summed E-state index contributed by atoms with van der Waals surface area (Å²) in [5.41, 5.74) is 0. The summed E-state index contributed by atoms with van der Waals surface area (Å²) in [6.07, 6.45) is 13.0. The van der Waals surface area contributed by atoms with Gasteiger partial charge in [0.1, 0.15) is 0 Å². The molecular weight excluding hydrogens is 146 g/mol. The van der Waals surface area contributed by atoms with Gasteiger partial charge in [0.05, 0.1) is 0 Å². The third kappa shape index (κ3) is 4.10. The van der Waals surface area contributed by atoms with Gasteiger partial charge in [-0.2, -0.15) is 0 Å². The first kappa shape index (κ1) is 10.0. The lowest BCUT2D eigenvalue weighted by Gasteiger charge is -2.17. The van der Waals surface area contributed by atoms with E-state index in [0.29, 0.717) is 0 Å². The third-order valence-electron chi connectivity index (χ3n) is 3.01. The second-order valence-electron chi connectivity index (χ2n) is 4.04. The molecule has 0 aromatic heterocycles. The SMILES string of the molecule is CNC1CCCCCCCCC1. The van der Waals surface area contributed by atoms with Crippen molar-refractivity contribution in [2.24, 2.45) is 0 Å². The zero-order valence-corrected chi connectivity index (χ0v) is 8.44. The van der Waals surface area contributed by atoms with E-state index >= 15 is 0 Å². The highest BCUT2D eigenvalue weighted by Crippen LogP contribution is 2.16. The van der Waals surface area contributed by atoms with Crippen molar-refractivity contribution in [3.05, 3.63) is 0 Å². The zero-order valence-electron chi connectivity index (χ0n) is 8.44. The molecule has 0 aromatic rings. The molecular formula is C11H23N. The van der Waals surface area contributed by atoms with Crippen molar-refractivity contribution >= 4 is 0 Å². The topological polar surface area (TPSA) is 12.0 Å². The van der Waals surface area contributed by atoms with Crippen molar-refractivity contribution in [2.75, 3.05) is 7.05 Å². The van der Waals surface area contributed by atoms with Gasteiger partial charge in [0.2, 0.25) is 0 Å². The molecule has 1 heteroatoms. The van der Waals surface area contributed by atoms with Gasteiger partial charge in [-0.3, -0.25) is 0 Å². The van der Waals surface area contributed by atoms with Gasteiger partial charge in [0.15, 0.2) is 0 Å². The fraction of sp³-hybridized carbons (Fsp3) is 1.00. The molecule has 0 heterocycles. The Hall–Kier alpha value is -0.0400. The molecule has 0 atom stereocenters. The van der Waals surface area contributed by atoms with E-state index in [1.54, 1.807) is 0 Å². The van der Waals surface area contributed by atoms with Crippen LogP contribution >= 0.6 is 0 Å². The summed E-state index contributed by atoms with van der Waals surface area (Å²) < 4.78 is 0. The van der Waals surface area contributed by atoms with Gasteiger partial charge in [0.25, 0.3) is 0 Å². The smallest absolute Gasteiger partial charge is 0.00640 e. The van der Waals surface area contributed by atoms with Crippen molar-refractivity contribution in [3.8, 4) is 0 Å². The Bertz CT molecular complexity index is 91.2. The summed E-state index contributed by atoms with van der Waals surface area (Å²) >= 11 is 0. The Morgan fingerprint density at radius 3 is 1.58 bits per heavy atom. The zero-order chi connectivity index (χ0) is 8.65. The minimum atomic E-state index is 0.808. The van der Waals surface area contributed by atoms with E-state index in [0.717, 1.165) is 6.04 Å². The van der Waals surface area contributed by atoms with Gasteiger partial charge in [-0.05, 0) is 19.9 Å². The standard InChI is InChI=1S/C11H23N/c1-12-11-9-7-5-3-2-4-6-8-10-11/h11-12H,2-10H2,1H3. The lowest BCUT2D eigenvalue weighted by Crippen LogP contribution is -2.25. The molecule has 0 spiro atoms. The second-order valence-corrected chi connectivity index (χ2v) is 4.04. The summed E-state index contributed by atoms with van der Waals surface area (Å²) in [4.78, 5) is 0. The molecule has 0 saturated heterocycles. The molecule has 72 valence electrons. The van der Waals surface area contributed by atoms with Crippen LogP contribution in [0.5, 0.6) is 0 Å². The van der Waals surface area contributed by atoms with E-state index in [-0.39, 0.29) is 0 Å². The van der Waals surface area contributed by atoms with E-state index in [4.69, 9.17) is 0 Å². The monoisotopic (exact) mass is 169 g/mol. The number of nitrogens with one attached hydrogen (secondary N) is 1. The average Bonchev–Trinajstić information content (AvgIpc) is 2.14. The largest absolute Gasteiger partial charge is 0.317 e. The minimum Gasteiger partial charge on any atom is -0.317 e. The van der Waals surface area contributed by atoms with Crippen LogP contribution in [-0.4, -0.2) is 13.1 Å². The Balaban J connectivity index is 2.17. The molecule has 0 radical (unpaired) electrons. The maximum Gasteiger partial charge on any atom is 0.00640 e. The predicted molar refractivity (Wildman–Crippen MR) is 54.4 cm³/mol. The summed E-state index contributed by atoms with van der Waals surface area (Å²) in [5.74, 6) is 0. The first-order valence-electron chi connectivity index (χ1n) is 5.61. The summed E-state index contributed by atoms with van der Waals surface area (Å²) in [6, 6.07) is 0.808. The Morgan fingerprint density at radius 2 is 1.17 bits per heavy atom.